The average molecular weight is 467 g/mol. The van der Waals surface area contributed by atoms with Gasteiger partial charge in [0.25, 0.3) is 0 Å². The lowest BCUT2D eigenvalue weighted by molar-refractivity contribution is 0.144. The Balaban J connectivity index is 1.48. The van der Waals surface area contributed by atoms with Crippen molar-refractivity contribution in [2.75, 3.05) is 6.61 Å². The second-order valence-electron chi connectivity index (χ2n) is 7.88. The molecular formula is C27H26BN3O4. The summed E-state index contributed by atoms with van der Waals surface area (Å²) in [6.45, 7) is 0.123. The molecule has 2 aromatic carbocycles. The number of rotatable bonds is 9. The minimum absolute atomic E-state index is 0.123. The highest BCUT2D eigenvalue weighted by atomic mass is 16.5. The van der Waals surface area contributed by atoms with Gasteiger partial charge in [0.2, 0.25) is 0 Å². The number of pyridine rings is 1. The molecule has 0 aliphatic rings. The van der Waals surface area contributed by atoms with Crippen LogP contribution in [0.5, 0.6) is 0 Å². The molecule has 2 atom stereocenters. The van der Waals surface area contributed by atoms with Gasteiger partial charge >= 0.3 is 13.2 Å². The normalized spacial score (nSPS) is 11.8. The van der Waals surface area contributed by atoms with Crippen molar-refractivity contribution in [3.63, 3.8) is 0 Å². The second-order valence-corrected chi connectivity index (χ2v) is 7.88. The zero-order valence-electron chi connectivity index (χ0n) is 19.2. The van der Waals surface area contributed by atoms with Crippen LogP contribution in [0.2, 0.25) is 0 Å². The molecule has 0 fully saturated rings. The van der Waals surface area contributed by atoms with E-state index in [-0.39, 0.29) is 18.9 Å². The summed E-state index contributed by atoms with van der Waals surface area (Å²) in [6.07, 6.45) is 2.06. The molecule has 8 heteroatoms. The third-order valence-corrected chi connectivity index (χ3v) is 5.25. The van der Waals surface area contributed by atoms with Gasteiger partial charge in [-0.15, -0.1) is 0 Å². The van der Waals surface area contributed by atoms with E-state index in [4.69, 9.17) is 4.74 Å². The summed E-state index contributed by atoms with van der Waals surface area (Å²) in [6, 6.07) is 24.5. The summed E-state index contributed by atoms with van der Waals surface area (Å²) < 4.78 is 5.23. The van der Waals surface area contributed by atoms with Gasteiger partial charge in [-0.1, -0.05) is 60.4 Å². The van der Waals surface area contributed by atoms with Crippen molar-refractivity contribution in [2.45, 2.75) is 31.1 Å². The van der Waals surface area contributed by atoms with Crippen LogP contribution in [-0.4, -0.2) is 40.8 Å². The zero-order valence-corrected chi connectivity index (χ0v) is 19.2. The smallest absolute Gasteiger partial charge is 0.449 e. The Hall–Kier alpha value is -4.11. The molecule has 0 saturated carbocycles. The molecule has 0 aliphatic carbocycles. The molecule has 176 valence electrons. The van der Waals surface area contributed by atoms with E-state index >= 15 is 0 Å². The number of nitrogens with zero attached hydrogens (tertiary/aromatic N) is 2. The lowest BCUT2D eigenvalue weighted by atomic mass is 9.76. The molecule has 1 unspecified atom stereocenters. The summed E-state index contributed by atoms with van der Waals surface area (Å²) in [4.78, 5) is 16.4. The number of carbonyl (C=O) groups is 1. The molecule has 1 aromatic heterocycles. The molecule has 0 aliphatic heterocycles. The van der Waals surface area contributed by atoms with Crippen LogP contribution in [0.4, 0.5) is 4.79 Å². The lowest BCUT2D eigenvalue weighted by Crippen LogP contribution is -2.48. The van der Waals surface area contributed by atoms with Crippen molar-refractivity contribution in [2.24, 2.45) is 0 Å². The van der Waals surface area contributed by atoms with Crippen molar-refractivity contribution >= 4 is 13.2 Å². The standard InChI is InChI=1S/C27H26BN3O4/c29-20-24(25-14-4-5-16-30-25)13-7-12-21-10-6-11-23(18-21)15-17-35-27(32)31-26(28(33)34)19-22-8-2-1-3-9-22/h1-6,8-11,14,16,18,24,26,33-34H,13,15,17,19H2,(H,31,32)/t24?,26-/m0/s1. The maximum atomic E-state index is 12.1. The highest BCUT2D eigenvalue weighted by Crippen LogP contribution is 2.15. The average Bonchev–Trinajstić information content (AvgIpc) is 2.87. The summed E-state index contributed by atoms with van der Waals surface area (Å²) in [5.74, 6) is 4.86. The largest absolute Gasteiger partial charge is 0.475 e. The third kappa shape index (κ3) is 8.64. The van der Waals surface area contributed by atoms with E-state index in [1.165, 1.54) is 0 Å². The Morgan fingerprint density at radius 2 is 1.83 bits per heavy atom. The van der Waals surface area contributed by atoms with Crippen LogP contribution in [0, 0.1) is 23.2 Å². The van der Waals surface area contributed by atoms with Crippen LogP contribution < -0.4 is 5.32 Å². The van der Waals surface area contributed by atoms with E-state index in [9.17, 15) is 20.1 Å². The van der Waals surface area contributed by atoms with Gasteiger partial charge in [-0.2, -0.15) is 5.26 Å². The fourth-order valence-electron chi connectivity index (χ4n) is 3.41. The van der Waals surface area contributed by atoms with Crippen molar-refractivity contribution in [1.29, 1.82) is 5.26 Å². The molecule has 1 amide bonds. The quantitative estimate of drug-likeness (QED) is 0.329. The van der Waals surface area contributed by atoms with Crippen LogP contribution >= 0.6 is 0 Å². The number of ether oxygens (including phenoxy) is 1. The van der Waals surface area contributed by atoms with Crippen LogP contribution in [0.15, 0.2) is 79.0 Å². The Labute approximate surface area is 205 Å². The number of aromatic nitrogens is 1. The van der Waals surface area contributed by atoms with E-state index in [1.807, 2.05) is 72.8 Å². The van der Waals surface area contributed by atoms with Gasteiger partial charge in [-0.3, -0.25) is 4.98 Å². The van der Waals surface area contributed by atoms with E-state index in [0.29, 0.717) is 18.5 Å². The highest BCUT2D eigenvalue weighted by molar-refractivity contribution is 6.43. The predicted octanol–water partition coefficient (Wildman–Crippen LogP) is 3.02. The van der Waals surface area contributed by atoms with Gasteiger partial charge in [-0.05, 0) is 41.8 Å². The van der Waals surface area contributed by atoms with Gasteiger partial charge in [0.05, 0.1) is 30.2 Å². The second kappa shape index (κ2) is 13.6. The molecule has 35 heavy (non-hydrogen) atoms. The minimum atomic E-state index is -1.71. The van der Waals surface area contributed by atoms with E-state index < -0.39 is 19.2 Å². The number of alkyl carbamates (subject to hydrolysis) is 1. The topological polar surface area (TPSA) is 115 Å². The number of nitrogens with one attached hydrogen (secondary N) is 1. The van der Waals surface area contributed by atoms with Gasteiger partial charge in [-0.25, -0.2) is 4.79 Å². The maximum Gasteiger partial charge on any atom is 0.475 e. The molecular weight excluding hydrogens is 441 g/mol. The fourth-order valence-corrected chi connectivity index (χ4v) is 3.41. The first-order valence-electron chi connectivity index (χ1n) is 11.3. The highest BCUT2D eigenvalue weighted by Gasteiger charge is 2.26. The number of hydrogen-bond acceptors (Lipinski definition) is 6. The van der Waals surface area contributed by atoms with Crippen LogP contribution in [-0.2, 0) is 17.6 Å². The number of nitriles is 1. The van der Waals surface area contributed by atoms with E-state index in [2.05, 4.69) is 28.2 Å². The molecule has 0 saturated heterocycles. The third-order valence-electron chi connectivity index (χ3n) is 5.25. The van der Waals surface area contributed by atoms with E-state index in [0.717, 1.165) is 16.7 Å². The van der Waals surface area contributed by atoms with Crippen LogP contribution in [0.1, 0.15) is 34.7 Å². The molecule has 0 bridgehead atoms. The molecule has 1 heterocycles. The molecule has 0 spiro atoms. The van der Waals surface area contributed by atoms with Crippen molar-refractivity contribution in [1.82, 2.24) is 10.3 Å². The summed E-state index contributed by atoms with van der Waals surface area (Å²) >= 11 is 0. The number of benzene rings is 2. The fraction of sp³-hybridized carbons (Fsp3) is 0.222. The summed E-state index contributed by atoms with van der Waals surface area (Å²) in [5, 5.41) is 31.1. The number of amides is 1. The summed E-state index contributed by atoms with van der Waals surface area (Å²) in [5.41, 5.74) is 3.31. The van der Waals surface area contributed by atoms with Gasteiger partial charge in [0.15, 0.2) is 0 Å². The van der Waals surface area contributed by atoms with Gasteiger partial charge in [0.1, 0.15) is 0 Å². The monoisotopic (exact) mass is 467 g/mol. The lowest BCUT2D eigenvalue weighted by Gasteiger charge is -2.17. The van der Waals surface area contributed by atoms with Gasteiger partial charge < -0.3 is 20.1 Å². The number of hydrogen-bond donors (Lipinski definition) is 3. The molecule has 3 rings (SSSR count). The zero-order chi connectivity index (χ0) is 24.9. The molecule has 3 N–H and O–H groups in total. The molecule has 0 radical (unpaired) electrons. The van der Waals surface area contributed by atoms with Crippen LogP contribution in [0.25, 0.3) is 0 Å². The van der Waals surface area contributed by atoms with Crippen LogP contribution in [0.3, 0.4) is 0 Å². The first kappa shape index (κ1) is 25.5. The predicted molar refractivity (Wildman–Crippen MR) is 133 cm³/mol. The molecule has 7 nitrogen and oxygen atoms in total. The van der Waals surface area contributed by atoms with Crippen molar-refractivity contribution in [3.05, 3.63) is 101 Å². The van der Waals surface area contributed by atoms with Gasteiger partial charge in [0, 0.05) is 24.6 Å². The summed E-state index contributed by atoms with van der Waals surface area (Å²) in [7, 11) is -1.71. The van der Waals surface area contributed by atoms with Crippen molar-refractivity contribution < 1.29 is 19.6 Å². The first-order valence-corrected chi connectivity index (χ1v) is 11.3. The number of carbonyl (C=O) groups excluding carboxylic acids is 1. The minimum Gasteiger partial charge on any atom is -0.449 e. The molecule has 3 aromatic rings. The Morgan fingerprint density at radius 1 is 1.06 bits per heavy atom. The first-order chi connectivity index (χ1) is 17.0. The Bertz CT molecular complexity index is 1190. The van der Waals surface area contributed by atoms with Crippen molar-refractivity contribution in [3.8, 4) is 17.9 Å². The Kier molecular flexibility index (Phi) is 9.89. The van der Waals surface area contributed by atoms with E-state index in [1.54, 1.807) is 6.20 Å². The maximum absolute atomic E-state index is 12.1. The Morgan fingerprint density at radius 3 is 2.54 bits per heavy atom. The SMILES string of the molecule is N#CC(CC#Cc1cccc(CCOC(=O)N[C@@H](Cc2ccccc2)B(O)O)c1)c1ccccn1.